The summed E-state index contributed by atoms with van der Waals surface area (Å²) in [7, 11) is 0. The molecule has 2 aliphatic rings. The molecule has 0 unspecified atom stereocenters. The van der Waals surface area contributed by atoms with Crippen molar-refractivity contribution >= 4 is 38.9 Å². The maximum absolute atomic E-state index is 2.62. The summed E-state index contributed by atoms with van der Waals surface area (Å²) in [5.41, 5.74) is 22.0. The second kappa shape index (κ2) is 13.5. The molecule has 0 spiro atoms. The third kappa shape index (κ3) is 5.36. The molecule has 62 heavy (non-hydrogen) atoms. The van der Waals surface area contributed by atoms with Crippen LogP contribution in [0.5, 0.6) is 0 Å². The quantitative estimate of drug-likeness (QED) is 0.168. The van der Waals surface area contributed by atoms with Gasteiger partial charge >= 0.3 is 0 Å². The number of hydrogen-bond acceptors (Lipinski definition) is 1. The van der Waals surface area contributed by atoms with Crippen molar-refractivity contribution in [2.45, 2.75) is 38.5 Å². The molecule has 10 aromatic rings. The van der Waals surface area contributed by atoms with Crippen molar-refractivity contribution in [2.24, 2.45) is 0 Å². The molecule has 0 fully saturated rings. The van der Waals surface area contributed by atoms with E-state index in [-0.39, 0.29) is 10.8 Å². The summed E-state index contributed by atoms with van der Waals surface area (Å²) < 4.78 is 2.53. The third-order valence-corrected chi connectivity index (χ3v) is 13.9. The van der Waals surface area contributed by atoms with Gasteiger partial charge in [-0.05, 0) is 122 Å². The van der Waals surface area contributed by atoms with Crippen molar-refractivity contribution in [2.75, 3.05) is 4.90 Å². The zero-order valence-electron chi connectivity index (χ0n) is 35.5. The van der Waals surface area contributed by atoms with Crippen molar-refractivity contribution in [3.05, 3.63) is 229 Å². The molecule has 0 aliphatic carbocycles. The topological polar surface area (TPSA) is 8.17 Å². The van der Waals surface area contributed by atoms with Gasteiger partial charge in [0, 0.05) is 32.9 Å². The first kappa shape index (κ1) is 36.4. The van der Waals surface area contributed by atoms with Gasteiger partial charge in [-0.3, -0.25) is 0 Å². The molecule has 2 aliphatic heterocycles. The summed E-state index contributed by atoms with van der Waals surface area (Å²) in [6.07, 6.45) is 0. The standard InChI is InChI=1S/C60H46N2/c1-59(2)50-36-45(43-24-16-22-41(34-43)39-18-8-5-9-19-39)30-32-54(50)62-55-33-31-46(44-25-17-23-42(35-44)40-20-10-6-11-21-40)37-51(55)60(3,4)56-57-49(38-52(59)58(56)62)48-28-14-15-29-53(48)61(57)47-26-12-7-13-27-47/h5-38H,1-4H3. The molecule has 296 valence electrons. The lowest BCUT2D eigenvalue weighted by molar-refractivity contribution is 0.601. The molecule has 12 rings (SSSR count). The molecule has 0 amide bonds. The predicted octanol–water partition coefficient (Wildman–Crippen LogP) is 16.2. The van der Waals surface area contributed by atoms with E-state index in [0.717, 1.165) is 0 Å². The molecule has 0 radical (unpaired) electrons. The average Bonchev–Trinajstić information content (AvgIpc) is 3.65. The van der Waals surface area contributed by atoms with Gasteiger partial charge in [0.05, 0.1) is 28.1 Å². The normalized spacial score (nSPS) is 14.4. The van der Waals surface area contributed by atoms with Gasteiger partial charge in [-0.15, -0.1) is 0 Å². The van der Waals surface area contributed by atoms with Gasteiger partial charge in [0.15, 0.2) is 0 Å². The van der Waals surface area contributed by atoms with E-state index in [1.165, 1.54) is 111 Å². The van der Waals surface area contributed by atoms with Crippen LogP contribution in [0.3, 0.4) is 0 Å². The van der Waals surface area contributed by atoms with Crippen LogP contribution >= 0.6 is 0 Å². The second-order valence-corrected chi connectivity index (χ2v) is 18.2. The van der Waals surface area contributed by atoms with Gasteiger partial charge in [0.2, 0.25) is 0 Å². The minimum Gasteiger partial charge on any atom is -0.309 e. The van der Waals surface area contributed by atoms with E-state index in [1.54, 1.807) is 0 Å². The highest BCUT2D eigenvalue weighted by molar-refractivity contribution is 6.14. The van der Waals surface area contributed by atoms with Crippen molar-refractivity contribution in [3.8, 4) is 50.2 Å². The third-order valence-electron chi connectivity index (χ3n) is 13.9. The fourth-order valence-electron chi connectivity index (χ4n) is 10.8. The van der Waals surface area contributed by atoms with Crippen LogP contribution in [-0.4, -0.2) is 4.57 Å². The van der Waals surface area contributed by atoms with Gasteiger partial charge in [-0.1, -0.05) is 173 Å². The molecule has 2 heteroatoms. The molecule has 0 bridgehead atoms. The van der Waals surface area contributed by atoms with E-state index in [9.17, 15) is 0 Å². The number of fused-ring (bicyclic) bond motifs is 8. The van der Waals surface area contributed by atoms with Gasteiger partial charge in [-0.25, -0.2) is 0 Å². The van der Waals surface area contributed by atoms with Crippen LogP contribution in [-0.2, 0) is 10.8 Å². The van der Waals surface area contributed by atoms with Gasteiger partial charge in [0.1, 0.15) is 0 Å². The molecular formula is C60H46N2. The lowest BCUT2D eigenvalue weighted by Gasteiger charge is -2.50. The summed E-state index contributed by atoms with van der Waals surface area (Å²) in [4.78, 5) is 2.62. The van der Waals surface area contributed by atoms with Crippen molar-refractivity contribution in [3.63, 3.8) is 0 Å². The van der Waals surface area contributed by atoms with Gasteiger partial charge in [0.25, 0.3) is 0 Å². The Labute approximate surface area is 364 Å². The summed E-state index contributed by atoms with van der Waals surface area (Å²) in [5.74, 6) is 0. The average molecular weight is 795 g/mol. The smallest absolute Gasteiger partial charge is 0.0603 e. The molecule has 0 atom stereocenters. The number of rotatable bonds is 5. The number of benzene rings is 9. The Morgan fingerprint density at radius 2 is 0.790 bits per heavy atom. The van der Waals surface area contributed by atoms with Crippen LogP contribution in [0, 0.1) is 0 Å². The van der Waals surface area contributed by atoms with E-state index in [0.29, 0.717) is 0 Å². The van der Waals surface area contributed by atoms with Crippen LogP contribution in [0.15, 0.2) is 206 Å². The fraction of sp³-hybridized carbons (Fsp3) is 0.100. The number of anilines is 3. The number of nitrogens with zero attached hydrogens (tertiary/aromatic N) is 2. The van der Waals surface area contributed by atoms with E-state index in [4.69, 9.17) is 0 Å². The van der Waals surface area contributed by atoms with Crippen molar-refractivity contribution < 1.29 is 0 Å². The first-order valence-electron chi connectivity index (χ1n) is 21.8. The number of aromatic nitrogens is 1. The Bertz CT molecular complexity index is 3380. The highest BCUT2D eigenvalue weighted by Crippen LogP contribution is 2.63. The van der Waals surface area contributed by atoms with Crippen LogP contribution in [0.4, 0.5) is 17.1 Å². The largest absolute Gasteiger partial charge is 0.309 e. The van der Waals surface area contributed by atoms with Crippen LogP contribution in [0.1, 0.15) is 49.9 Å². The second-order valence-electron chi connectivity index (χ2n) is 18.2. The lowest BCUT2D eigenvalue weighted by atomic mass is 9.65. The molecule has 3 heterocycles. The molecular weight excluding hydrogens is 749 g/mol. The first-order chi connectivity index (χ1) is 30.3. The maximum Gasteiger partial charge on any atom is 0.0603 e. The van der Waals surface area contributed by atoms with E-state index >= 15 is 0 Å². The van der Waals surface area contributed by atoms with Crippen LogP contribution in [0.25, 0.3) is 72.0 Å². The minimum atomic E-state index is -0.366. The summed E-state index contributed by atoms with van der Waals surface area (Å²) in [6, 6.07) is 76.3. The SMILES string of the molecule is CC1(C)c2cc(-c3cccc(-c4ccccc4)c3)ccc2N2c3ccc(-c4cccc(-c5ccccc5)c4)cc3C(C)(C)c3c2c1cc1c2ccccc2n(-c2ccccc2)c31. The van der Waals surface area contributed by atoms with Crippen molar-refractivity contribution in [1.82, 2.24) is 4.57 Å². The fourth-order valence-corrected chi connectivity index (χ4v) is 10.8. The zero-order valence-corrected chi connectivity index (χ0v) is 35.5. The van der Waals surface area contributed by atoms with Gasteiger partial charge in [-0.2, -0.15) is 0 Å². The van der Waals surface area contributed by atoms with Crippen LogP contribution in [0.2, 0.25) is 0 Å². The number of para-hydroxylation sites is 2. The Hall–Kier alpha value is -7.42. The van der Waals surface area contributed by atoms with E-state index in [2.05, 4.69) is 243 Å². The Morgan fingerprint density at radius 1 is 0.339 bits per heavy atom. The summed E-state index contributed by atoms with van der Waals surface area (Å²) in [6.45, 7) is 9.80. The monoisotopic (exact) mass is 794 g/mol. The molecule has 0 N–H and O–H groups in total. The predicted molar refractivity (Wildman–Crippen MR) is 261 cm³/mol. The molecule has 0 saturated heterocycles. The molecule has 9 aromatic carbocycles. The first-order valence-corrected chi connectivity index (χ1v) is 21.8. The Balaban J connectivity index is 1.14. The number of hydrogen-bond donors (Lipinski definition) is 0. The Kier molecular flexibility index (Phi) is 7.96. The van der Waals surface area contributed by atoms with Gasteiger partial charge < -0.3 is 9.47 Å². The Morgan fingerprint density at radius 3 is 1.35 bits per heavy atom. The van der Waals surface area contributed by atoms with Crippen molar-refractivity contribution in [1.29, 1.82) is 0 Å². The maximum atomic E-state index is 2.62. The van der Waals surface area contributed by atoms with E-state index < -0.39 is 0 Å². The highest BCUT2D eigenvalue weighted by Gasteiger charge is 2.47. The summed E-state index contributed by atoms with van der Waals surface area (Å²) >= 11 is 0. The minimum absolute atomic E-state index is 0.307. The molecule has 0 saturated carbocycles. The molecule has 2 nitrogen and oxygen atoms in total. The lowest BCUT2D eigenvalue weighted by Crippen LogP contribution is -2.38. The summed E-state index contributed by atoms with van der Waals surface area (Å²) in [5, 5.41) is 2.57. The molecule has 1 aromatic heterocycles. The van der Waals surface area contributed by atoms with Crippen LogP contribution < -0.4 is 4.90 Å². The highest BCUT2D eigenvalue weighted by atomic mass is 15.2. The zero-order chi connectivity index (χ0) is 41.7. The van der Waals surface area contributed by atoms with E-state index in [1.807, 2.05) is 0 Å².